The predicted molar refractivity (Wildman–Crippen MR) is 96.0 cm³/mol. The number of halogens is 2. The Labute approximate surface area is 156 Å². The normalized spacial score (nSPS) is 20.2. The van der Waals surface area contributed by atoms with Crippen LogP contribution in [0.5, 0.6) is 0 Å². The highest BCUT2D eigenvalue weighted by Crippen LogP contribution is 2.26. The fourth-order valence-electron chi connectivity index (χ4n) is 3.22. The highest BCUT2D eigenvalue weighted by molar-refractivity contribution is 6.42. The average molecular weight is 383 g/mol. The molecule has 1 aromatic carbocycles. The van der Waals surface area contributed by atoms with E-state index in [0.717, 1.165) is 17.0 Å². The van der Waals surface area contributed by atoms with Gasteiger partial charge in [0.25, 0.3) is 0 Å². The van der Waals surface area contributed by atoms with Crippen LogP contribution in [-0.4, -0.2) is 42.3 Å². The third kappa shape index (κ3) is 4.35. The van der Waals surface area contributed by atoms with Crippen molar-refractivity contribution in [1.82, 2.24) is 10.1 Å². The Morgan fingerprint density at radius 1 is 1.32 bits per heavy atom. The molecular weight excluding hydrogens is 363 g/mol. The number of ether oxygens (including phenoxy) is 1. The molecule has 1 aliphatic heterocycles. The summed E-state index contributed by atoms with van der Waals surface area (Å²) in [6, 6.07) is 7.20. The molecule has 134 valence electrons. The van der Waals surface area contributed by atoms with Crippen molar-refractivity contribution in [1.29, 1.82) is 0 Å². The number of hydrogen-bond acceptors (Lipinski definition) is 4. The lowest BCUT2D eigenvalue weighted by molar-refractivity contribution is -0.129. The van der Waals surface area contributed by atoms with Crippen molar-refractivity contribution in [2.45, 2.75) is 25.9 Å². The molecule has 0 saturated carbocycles. The Balaban J connectivity index is 1.64. The lowest BCUT2D eigenvalue weighted by Crippen LogP contribution is -2.31. The number of methoxy groups -OCH3 is 1. The molecule has 2 atom stereocenters. The van der Waals surface area contributed by atoms with E-state index >= 15 is 0 Å². The van der Waals surface area contributed by atoms with E-state index < -0.39 is 0 Å². The van der Waals surface area contributed by atoms with E-state index in [9.17, 15) is 4.79 Å². The van der Waals surface area contributed by atoms with Crippen LogP contribution in [0.15, 0.2) is 28.8 Å². The van der Waals surface area contributed by atoms with Crippen molar-refractivity contribution >= 4 is 29.1 Å². The highest BCUT2D eigenvalue weighted by Gasteiger charge is 2.36. The van der Waals surface area contributed by atoms with Gasteiger partial charge in [0, 0.05) is 38.6 Å². The molecule has 2 aromatic rings. The summed E-state index contributed by atoms with van der Waals surface area (Å²) in [4.78, 5) is 14.5. The molecule has 1 fully saturated rings. The molecular formula is C18H20Cl2N2O3. The molecule has 0 aliphatic carbocycles. The summed E-state index contributed by atoms with van der Waals surface area (Å²) in [6.45, 7) is 3.11. The highest BCUT2D eigenvalue weighted by atomic mass is 35.5. The van der Waals surface area contributed by atoms with E-state index in [2.05, 4.69) is 5.16 Å². The first kappa shape index (κ1) is 18.2. The van der Waals surface area contributed by atoms with Gasteiger partial charge in [-0.1, -0.05) is 34.4 Å². The van der Waals surface area contributed by atoms with Crippen molar-refractivity contribution < 1.29 is 14.1 Å². The quantitative estimate of drug-likeness (QED) is 0.793. The van der Waals surface area contributed by atoms with E-state index in [4.69, 9.17) is 32.5 Å². The lowest BCUT2D eigenvalue weighted by atomic mass is 10.0. The first-order chi connectivity index (χ1) is 12.0. The maximum Gasteiger partial charge on any atom is 0.227 e. The zero-order valence-corrected chi connectivity index (χ0v) is 15.7. The second-order valence-electron chi connectivity index (χ2n) is 6.40. The number of likely N-dealkylation sites (tertiary alicyclic amines) is 1. The fraction of sp³-hybridized carbons (Fsp3) is 0.444. The molecule has 0 radical (unpaired) electrons. The van der Waals surface area contributed by atoms with Gasteiger partial charge in [-0.3, -0.25) is 4.79 Å². The van der Waals surface area contributed by atoms with Crippen LogP contribution in [0.25, 0.3) is 0 Å². The van der Waals surface area contributed by atoms with Crippen LogP contribution in [0.3, 0.4) is 0 Å². The summed E-state index contributed by atoms with van der Waals surface area (Å²) in [7, 11) is 1.68. The Bertz CT molecular complexity index is 763. The minimum Gasteiger partial charge on any atom is -0.379 e. The monoisotopic (exact) mass is 382 g/mol. The molecule has 0 N–H and O–H groups in total. The van der Waals surface area contributed by atoms with Gasteiger partial charge in [0.2, 0.25) is 5.91 Å². The van der Waals surface area contributed by atoms with Crippen molar-refractivity contribution in [2.24, 2.45) is 5.92 Å². The van der Waals surface area contributed by atoms with E-state index in [1.807, 2.05) is 24.0 Å². The van der Waals surface area contributed by atoms with Gasteiger partial charge in [0.15, 0.2) is 0 Å². The minimum absolute atomic E-state index is 0.0110. The Kier molecular flexibility index (Phi) is 5.67. The van der Waals surface area contributed by atoms with E-state index in [1.54, 1.807) is 19.2 Å². The summed E-state index contributed by atoms with van der Waals surface area (Å²) in [5.74, 6) is 1.06. The molecule has 0 unspecified atom stereocenters. The minimum atomic E-state index is -0.0110. The number of hydrogen-bond donors (Lipinski definition) is 0. The van der Waals surface area contributed by atoms with Crippen molar-refractivity contribution in [3.8, 4) is 0 Å². The van der Waals surface area contributed by atoms with Gasteiger partial charge in [-0.2, -0.15) is 0 Å². The predicted octanol–water partition coefficient (Wildman–Crippen LogP) is 3.55. The Hall–Kier alpha value is -1.56. The maximum atomic E-state index is 12.6. The fourth-order valence-corrected chi connectivity index (χ4v) is 3.54. The zero-order valence-electron chi connectivity index (χ0n) is 14.2. The molecule has 25 heavy (non-hydrogen) atoms. The van der Waals surface area contributed by atoms with E-state index in [1.165, 1.54) is 0 Å². The second-order valence-corrected chi connectivity index (χ2v) is 7.21. The summed E-state index contributed by atoms with van der Waals surface area (Å²) in [6.07, 6.45) is 0.986. The third-order valence-electron chi connectivity index (χ3n) is 4.52. The largest absolute Gasteiger partial charge is 0.379 e. The van der Waals surface area contributed by atoms with Crippen LogP contribution in [0.2, 0.25) is 10.0 Å². The molecule has 5 nitrogen and oxygen atoms in total. The first-order valence-electron chi connectivity index (χ1n) is 8.13. The molecule has 0 spiro atoms. The van der Waals surface area contributed by atoms with Crippen LogP contribution in [-0.2, 0) is 22.4 Å². The maximum absolute atomic E-state index is 12.6. The van der Waals surface area contributed by atoms with Gasteiger partial charge in [-0.25, -0.2) is 0 Å². The van der Waals surface area contributed by atoms with Crippen LogP contribution in [0.4, 0.5) is 0 Å². The van der Waals surface area contributed by atoms with Gasteiger partial charge in [0.1, 0.15) is 5.76 Å². The van der Waals surface area contributed by atoms with Crippen molar-refractivity contribution in [3.05, 3.63) is 51.3 Å². The number of carbonyl (C=O) groups excluding carboxylic acids is 1. The summed E-state index contributed by atoms with van der Waals surface area (Å²) >= 11 is 11.9. The lowest BCUT2D eigenvalue weighted by Gasteiger charge is -2.16. The first-order valence-corrected chi connectivity index (χ1v) is 8.88. The average Bonchev–Trinajstić information content (AvgIpc) is 3.17. The van der Waals surface area contributed by atoms with E-state index in [0.29, 0.717) is 36.0 Å². The van der Waals surface area contributed by atoms with Gasteiger partial charge in [-0.05, 0) is 24.6 Å². The molecule has 2 heterocycles. The van der Waals surface area contributed by atoms with Crippen molar-refractivity contribution in [3.63, 3.8) is 0 Å². The number of amides is 1. The van der Waals surface area contributed by atoms with Crippen LogP contribution >= 0.6 is 23.2 Å². The molecule has 3 rings (SSSR count). The van der Waals surface area contributed by atoms with Gasteiger partial charge in [-0.15, -0.1) is 0 Å². The third-order valence-corrected chi connectivity index (χ3v) is 5.25. The number of carbonyl (C=O) groups is 1. The molecule has 1 amide bonds. The summed E-state index contributed by atoms with van der Waals surface area (Å²) < 4.78 is 10.9. The van der Waals surface area contributed by atoms with E-state index in [-0.39, 0.29) is 17.9 Å². The van der Waals surface area contributed by atoms with Gasteiger partial charge < -0.3 is 14.2 Å². The number of nitrogens with zero attached hydrogens (tertiary/aromatic N) is 2. The number of aryl methyl sites for hydroxylation is 1. The van der Waals surface area contributed by atoms with Gasteiger partial charge in [0.05, 0.1) is 28.3 Å². The van der Waals surface area contributed by atoms with Crippen LogP contribution in [0, 0.1) is 12.8 Å². The van der Waals surface area contributed by atoms with Crippen LogP contribution < -0.4 is 0 Å². The Morgan fingerprint density at radius 2 is 2.12 bits per heavy atom. The number of aromatic nitrogens is 1. The molecule has 1 aliphatic rings. The standard InChI is InChI=1S/C18H20Cl2N2O3/c1-11-5-14(25-21-11)8-13-9-22(10-17(13)24-2)18(23)7-12-3-4-15(19)16(20)6-12/h3-6,13,17H,7-10H2,1-2H3/t13-,17+/m1/s1. The molecule has 1 saturated heterocycles. The zero-order chi connectivity index (χ0) is 18.0. The van der Waals surface area contributed by atoms with Crippen LogP contribution in [0.1, 0.15) is 17.0 Å². The number of benzene rings is 1. The van der Waals surface area contributed by atoms with Crippen molar-refractivity contribution in [2.75, 3.05) is 20.2 Å². The topological polar surface area (TPSA) is 55.6 Å². The second kappa shape index (κ2) is 7.77. The smallest absolute Gasteiger partial charge is 0.227 e. The molecule has 0 bridgehead atoms. The Morgan fingerprint density at radius 3 is 2.76 bits per heavy atom. The van der Waals surface area contributed by atoms with Gasteiger partial charge >= 0.3 is 0 Å². The molecule has 7 heteroatoms. The SMILES string of the molecule is CO[C@H]1CN(C(=O)Cc2ccc(Cl)c(Cl)c2)C[C@H]1Cc1cc(C)no1. The summed E-state index contributed by atoms with van der Waals surface area (Å²) in [5, 5.41) is 4.86. The summed E-state index contributed by atoms with van der Waals surface area (Å²) in [5.41, 5.74) is 1.71. The molecule has 1 aromatic heterocycles. The number of rotatable bonds is 5.